The predicted octanol–water partition coefficient (Wildman–Crippen LogP) is 7.08. The molecule has 1 saturated heterocycles. The van der Waals surface area contributed by atoms with Gasteiger partial charge >= 0.3 is 11.9 Å². The Labute approximate surface area is 362 Å². The summed E-state index contributed by atoms with van der Waals surface area (Å²) in [6, 6.07) is 0. The molecule has 2 fully saturated rings. The van der Waals surface area contributed by atoms with Gasteiger partial charge < -0.3 is 54.7 Å². The number of unbranched alkanes of at least 4 members (excludes halogenated alkanes) is 22. The average molecular weight is 861 g/mol. The molecule has 1 aliphatic carbocycles. The van der Waals surface area contributed by atoms with Crippen LogP contribution in [0.1, 0.15) is 207 Å². The average Bonchev–Trinajstić information content (AvgIpc) is 3.23. The molecule has 1 heterocycles. The molecule has 13 heteroatoms. The maximum atomic E-state index is 13.0. The van der Waals surface area contributed by atoms with Gasteiger partial charge in [-0.3, -0.25) is 9.59 Å². The van der Waals surface area contributed by atoms with E-state index in [9.17, 15) is 45.3 Å². The molecule has 7 N–H and O–H groups in total. The van der Waals surface area contributed by atoms with E-state index in [1.165, 1.54) is 122 Å². The number of carbonyl (C=O) groups excluding carboxylic acids is 2. The van der Waals surface area contributed by atoms with Gasteiger partial charge in [0.2, 0.25) is 0 Å². The topological polar surface area (TPSA) is 213 Å². The van der Waals surface area contributed by atoms with Crippen molar-refractivity contribution >= 4 is 11.9 Å². The molecule has 0 bridgehead atoms. The van der Waals surface area contributed by atoms with Crippen molar-refractivity contribution in [2.45, 2.75) is 274 Å². The van der Waals surface area contributed by atoms with Crippen molar-refractivity contribution in [1.29, 1.82) is 0 Å². The Morgan fingerprint density at radius 1 is 0.467 bits per heavy atom. The maximum Gasteiger partial charge on any atom is 0.306 e. The largest absolute Gasteiger partial charge is 0.463 e. The molecule has 0 aromatic carbocycles. The lowest BCUT2D eigenvalue weighted by Crippen LogP contribution is -2.67. The van der Waals surface area contributed by atoms with Crippen molar-refractivity contribution in [3.05, 3.63) is 0 Å². The van der Waals surface area contributed by atoms with Gasteiger partial charge in [0.25, 0.3) is 0 Å². The van der Waals surface area contributed by atoms with Gasteiger partial charge in [-0.25, -0.2) is 0 Å². The molecule has 0 radical (unpaired) electrons. The number of hydrogen-bond acceptors (Lipinski definition) is 13. The van der Waals surface area contributed by atoms with Gasteiger partial charge in [-0.2, -0.15) is 0 Å². The summed E-state index contributed by atoms with van der Waals surface area (Å²) in [5.74, 6) is -0.328. The predicted molar refractivity (Wildman–Crippen MR) is 231 cm³/mol. The van der Waals surface area contributed by atoms with Crippen LogP contribution in [0.15, 0.2) is 0 Å². The molecule has 0 aromatic heterocycles. The quantitative estimate of drug-likeness (QED) is 0.0251. The van der Waals surface area contributed by atoms with Crippen LogP contribution in [0.25, 0.3) is 0 Å². The minimum absolute atomic E-state index is 0.0839. The fourth-order valence-electron chi connectivity index (χ4n) is 8.44. The molecule has 0 aromatic rings. The van der Waals surface area contributed by atoms with Crippen LogP contribution in [0.3, 0.4) is 0 Å². The molecule has 1 aliphatic heterocycles. The molecule has 13 nitrogen and oxygen atoms in total. The number of aliphatic hydroxyl groups is 7. The van der Waals surface area contributed by atoms with E-state index in [1.54, 1.807) is 0 Å². The summed E-state index contributed by atoms with van der Waals surface area (Å²) in [5.41, 5.74) is 0. The minimum Gasteiger partial charge on any atom is -0.463 e. The Morgan fingerprint density at radius 3 is 1.30 bits per heavy atom. The summed E-state index contributed by atoms with van der Waals surface area (Å²) in [7, 11) is 0. The third-order valence-electron chi connectivity index (χ3n) is 12.5. The lowest BCUT2D eigenvalue weighted by molar-refractivity contribution is -0.340. The monoisotopic (exact) mass is 861 g/mol. The van der Waals surface area contributed by atoms with Crippen LogP contribution in [0.4, 0.5) is 0 Å². The first-order chi connectivity index (χ1) is 28.9. The van der Waals surface area contributed by atoms with E-state index in [1.807, 2.05) is 0 Å². The summed E-state index contributed by atoms with van der Waals surface area (Å²) in [4.78, 5) is 25.8. The zero-order chi connectivity index (χ0) is 44.1. The van der Waals surface area contributed by atoms with Crippen molar-refractivity contribution in [2.24, 2.45) is 5.92 Å². The second-order valence-corrected chi connectivity index (χ2v) is 18.0. The first kappa shape index (κ1) is 54.7. The van der Waals surface area contributed by atoms with Gasteiger partial charge in [-0.1, -0.05) is 181 Å². The van der Waals surface area contributed by atoms with Crippen LogP contribution >= 0.6 is 0 Å². The lowest BCUT2D eigenvalue weighted by Gasteiger charge is -2.46. The van der Waals surface area contributed by atoms with Gasteiger partial charge in [0.1, 0.15) is 61.5 Å². The van der Waals surface area contributed by atoms with Gasteiger partial charge in [0.15, 0.2) is 12.4 Å². The van der Waals surface area contributed by atoms with Crippen LogP contribution in [0.2, 0.25) is 0 Å². The summed E-state index contributed by atoms with van der Waals surface area (Å²) in [6.07, 6.45) is 12.5. The first-order valence-electron chi connectivity index (χ1n) is 24.3. The number of ether oxygens (including phenoxy) is 4. The second kappa shape index (κ2) is 33.1. The third kappa shape index (κ3) is 21.8. The minimum atomic E-state index is -1.89. The van der Waals surface area contributed by atoms with Gasteiger partial charge in [0.05, 0.1) is 0 Å². The SMILES string of the molecule is CCCCCCCCCCCCCCCCC(=O)O[C@H]1[C@H](O)[C@H](O)[C@@H](OC2[C@@H](O)[C@H](O)C(O)[C@H](O)[C@H]2O)O[C@@H]1COC(=O)CCCCCCCCCC(C)CCCCCC. The molecule has 12 atom stereocenters. The number of rotatable bonds is 35. The third-order valence-corrected chi connectivity index (χ3v) is 12.5. The van der Waals surface area contributed by atoms with E-state index < -0.39 is 85.9 Å². The summed E-state index contributed by atoms with van der Waals surface area (Å²) in [6.45, 7) is 6.38. The van der Waals surface area contributed by atoms with Gasteiger partial charge in [-0.15, -0.1) is 0 Å². The Balaban J connectivity index is 1.81. The Bertz CT molecular complexity index is 1060. The normalized spacial score (nSPS) is 28.7. The molecule has 0 amide bonds. The van der Waals surface area contributed by atoms with Crippen LogP contribution < -0.4 is 0 Å². The molecule has 2 aliphatic rings. The highest BCUT2D eigenvalue weighted by atomic mass is 16.7. The fraction of sp³-hybridized carbons (Fsp3) is 0.957. The number of hydrogen-bond donors (Lipinski definition) is 7. The number of esters is 2. The summed E-state index contributed by atoms with van der Waals surface area (Å²) >= 11 is 0. The van der Waals surface area contributed by atoms with Crippen molar-refractivity contribution in [3.8, 4) is 0 Å². The molecule has 60 heavy (non-hydrogen) atoms. The second-order valence-electron chi connectivity index (χ2n) is 18.0. The van der Waals surface area contributed by atoms with Crippen LogP contribution in [-0.4, -0.2) is 122 Å². The molecule has 2 rings (SSSR count). The van der Waals surface area contributed by atoms with E-state index in [0.29, 0.717) is 12.8 Å². The van der Waals surface area contributed by atoms with Crippen molar-refractivity contribution in [2.75, 3.05) is 6.61 Å². The maximum absolute atomic E-state index is 13.0. The molecular formula is C47H88O13. The van der Waals surface area contributed by atoms with E-state index in [4.69, 9.17) is 18.9 Å². The zero-order valence-corrected chi connectivity index (χ0v) is 37.7. The highest BCUT2D eigenvalue weighted by Gasteiger charge is 2.53. The molecule has 1 saturated carbocycles. The van der Waals surface area contributed by atoms with E-state index in [-0.39, 0.29) is 12.8 Å². The molecule has 354 valence electrons. The van der Waals surface area contributed by atoms with Gasteiger partial charge in [-0.05, 0) is 18.8 Å². The Kier molecular flexibility index (Phi) is 30.2. The Morgan fingerprint density at radius 2 is 0.833 bits per heavy atom. The lowest BCUT2D eigenvalue weighted by atomic mass is 9.84. The van der Waals surface area contributed by atoms with E-state index in [2.05, 4.69) is 20.8 Å². The number of aliphatic hydroxyl groups excluding tert-OH is 7. The first-order valence-corrected chi connectivity index (χ1v) is 24.3. The van der Waals surface area contributed by atoms with Crippen LogP contribution in [0, 0.1) is 5.92 Å². The molecular weight excluding hydrogens is 773 g/mol. The summed E-state index contributed by atoms with van der Waals surface area (Å²) < 4.78 is 22.6. The summed E-state index contributed by atoms with van der Waals surface area (Å²) in [5, 5.41) is 73.5. The van der Waals surface area contributed by atoms with Crippen molar-refractivity contribution in [1.82, 2.24) is 0 Å². The molecule has 3 unspecified atom stereocenters. The van der Waals surface area contributed by atoms with E-state index in [0.717, 1.165) is 44.4 Å². The zero-order valence-electron chi connectivity index (χ0n) is 37.7. The standard InChI is InChI=1S/C47H88O13/c1-4-6-8-10-11-12-13-14-15-16-17-20-24-28-32-37(49)59-45-35(58-47(44(56)43(45)55)60-46-41(53)39(51)38(50)40(52)42(46)54)33-57-36(48)31-27-23-21-18-19-22-26-30-34(3)29-25-9-7-5-2/h34-35,38-47,50-56H,4-33H2,1-3H3/t34?,35-,38?,39-,40+,41+,42-,43-,44+,45-,46?,47-/m1/s1. The van der Waals surface area contributed by atoms with Gasteiger partial charge in [0, 0.05) is 12.8 Å². The highest BCUT2D eigenvalue weighted by Crippen LogP contribution is 2.31. The van der Waals surface area contributed by atoms with Crippen LogP contribution in [0.5, 0.6) is 0 Å². The number of carbonyl (C=O) groups is 2. The fourth-order valence-corrected chi connectivity index (χ4v) is 8.44. The van der Waals surface area contributed by atoms with Crippen LogP contribution in [-0.2, 0) is 28.5 Å². The van der Waals surface area contributed by atoms with Crippen molar-refractivity contribution in [3.63, 3.8) is 0 Å². The Hall–Kier alpha value is -1.42. The van der Waals surface area contributed by atoms with E-state index >= 15 is 0 Å². The molecule has 0 spiro atoms. The highest BCUT2D eigenvalue weighted by molar-refractivity contribution is 5.70. The van der Waals surface area contributed by atoms with Crippen molar-refractivity contribution < 1.29 is 64.3 Å². The smallest absolute Gasteiger partial charge is 0.306 e.